The van der Waals surface area contributed by atoms with Crippen LogP contribution in [0.25, 0.3) is 21.9 Å². The molecule has 0 spiro atoms. The van der Waals surface area contributed by atoms with Gasteiger partial charge < -0.3 is 24.5 Å². The molecule has 2 aliphatic rings. The Morgan fingerprint density at radius 2 is 2.00 bits per heavy atom. The van der Waals surface area contributed by atoms with E-state index >= 15 is 0 Å². The Kier molecular flexibility index (Phi) is 5.63. The van der Waals surface area contributed by atoms with Gasteiger partial charge in [0.25, 0.3) is 5.91 Å². The highest BCUT2D eigenvalue weighted by Crippen LogP contribution is 2.37. The van der Waals surface area contributed by atoms with Gasteiger partial charge in [-0.1, -0.05) is 11.6 Å². The van der Waals surface area contributed by atoms with Crippen molar-refractivity contribution in [2.75, 3.05) is 38.2 Å². The first kappa shape index (κ1) is 22.0. The Labute approximate surface area is 205 Å². The molecule has 2 N–H and O–H groups in total. The van der Waals surface area contributed by atoms with Crippen LogP contribution in [0.2, 0.25) is 5.15 Å². The second kappa shape index (κ2) is 8.95. The van der Waals surface area contributed by atoms with Gasteiger partial charge in [-0.05, 0) is 25.1 Å². The first-order valence-electron chi connectivity index (χ1n) is 11.5. The van der Waals surface area contributed by atoms with Crippen LogP contribution in [0.4, 0.5) is 5.69 Å². The summed E-state index contributed by atoms with van der Waals surface area (Å²) >= 11 is 6.24. The number of hydrogen-bond acceptors (Lipinski definition) is 9. The summed E-state index contributed by atoms with van der Waals surface area (Å²) < 4.78 is 17.2. The van der Waals surface area contributed by atoms with Crippen LogP contribution in [0.15, 0.2) is 34.7 Å². The maximum absolute atomic E-state index is 12.5. The normalized spacial score (nSPS) is 18.7. The van der Waals surface area contributed by atoms with Gasteiger partial charge in [0.15, 0.2) is 0 Å². The molecule has 5 heterocycles. The number of nitrogens with one attached hydrogen (secondary N) is 2. The number of amides is 1. The number of fused-ring (bicyclic) bond motifs is 5. The van der Waals surface area contributed by atoms with Crippen molar-refractivity contribution in [1.29, 1.82) is 0 Å². The maximum atomic E-state index is 12.5. The minimum Gasteiger partial charge on any atom is -0.449 e. The topological polar surface area (TPSA) is 115 Å². The molecule has 1 aromatic carbocycles. The Balaban J connectivity index is 1.31. The SMILES string of the molecule is C[C@@H]1CNc2c(oc3ccc4nc(Oc5cc(Cl)nc(CN6CCOCC6)n5)ccc4c23)C(=O)N1. The molecule has 0 saturated carbocycles. The van der Waals surface area contributed by atoms with Crippen molar-refractivity contribution in [3.05, 3.63) is 47.1 Å². The van der Waals surface area contributed by atoms with Gasteiger partial charge in [0, 0.05) is 43.2 Å². The number of furan rings is 1. The lowest BCUT2D eigenvalue weighted by Crippen LogP contribution is -2.36. The van der Waals surface area contributed by atoms with E-state index in [0.717, 1.165) is 23.9 Å². The molecule has 2 aliphatic heterocycles. The number of nitrogens with zero attached hydrogens (tertiary/aromatic N) is 4. The van der Waals surface area contributed by atoms with Gasteiger partial charge in [-0.3, -0.25) is 9.69 Å². The Morgan fingerprint density at radius 3 is 2.86 bits per heavy atom. The van der Waals surface area contributed by atoms with Crippen LogP contribution in [0.5, 0.6) is 11.8 Å². The standard InChI is InChI=1S/C24H23ClN6O4/c1-13-11-26-22-21-14-2-5-19(28-15(14)3-4-16(21)34-23(22)24(32)27-13)35-20-10-17(25)29-18(30-20)12-31-6-8-33-9-7-31/h2-5,10,13,26H,6-9,11-12H2,1H3,(H,27,32)/t13-/m1/s1. The number of ether oxygens (including phenoxy) is 2. The number of carbonyl (C=O) groups is 1. The number of morpholine rings is 1. The quantitative estimate of drug-likeness (QED) is 0.410. The zero-order valence-corrected chi connectivity index (χ0v) is 19.8. The molecule has 0 radical (unpaired) electrons. The molecule has 180 valence electrons. The third-order valence-corrected chi connectivity index (χ3v) is 6.25. The van der Waals surface area contributed by atoms with Crippen LogP contribution in [0.1, 0.15) is 23.3 Å². The third kappa shape index (κ3) is 4.36. The molecule has 0 aliphatic carbocycles. The fourth-order valence-electron chi connectivity index (χ4n) is 4.40. The number of halogens is 1. The van der Waals surface area contributed by atoms with E-state index in [4.69, 9.17) is 25.5 Å². The lowest BCUT2D eigenvalue weighted by molar-refractivity contribution is 0.0330. The highest BCUT2D eigenvalue weighted by atomic mass is 35.5. The van der Waals surface area contributed by atoms with Gasteiger partial charge in [-0.15, -0.1) is 0 Å². The van der Waals surface area contributed by atoms with Gasteiger partial charge >= 0.3 is 0 Å². The van der Waals surface area contributed by atoms with Crippen molar-refractivity contribution in [1.82, 2.24) is 25.2 Å². The smallest absolute Gasteiger partial charge is 0.289 e. The lowest BCUT2D eigenvalue weighted by atomic mass is 10.1. The van der Waals surface area contributed by atoms with Crippen LogP contribution < -0.4 is 15.4 Å². The van der Waals surface area contributed by atoms with E-state index < -0.39 is 0 Å². The van der Waals surface area contributed by atoms with Gasteiger partial charge in [0.2, 0.25) is 17.5 Å². The number of pyridine rings is 1. The van der Waals surface area contributed by atoms with Crippen molar-refractivity contribution in [2.45, 2.75) is 19.5 Å². The van der Waals surface area contributed by atoms with Crippen LogP contribution in [-0.2, 0) is 11.3 Å². The molecule has 3 aromatic heterocycles. The van der Waals surface area contributed by atoms with E-state index in [1.165, 1.54) is 0 Å². The number of benzene rings is 1. The number of carbonyl (C=O) groups excluding carboxylic acids is 1. The van der Waals surface area contributed by atoms with Gasteiger partial charge in [-0.2, -0.15) is 4.98 Å². The molecule has 0 unspecified atom stereocenters. The fourth-order valence-corrected chi connectivity index (χ4v) is 4.59. The Hall–Kier alpha value is -3.47. The largest absolute Gasteiger partial charge is 0.449 e. The Bertz CT molecular complexity index is 1430. The minimum absolute atomic E-state index is 0.0129. The average Bonchev–Trinajstić information content (AvgIpc) is 3.15. The molecular weight excluding hydrogens is 472 g/mol. The second-order valence-electron chi connectivity index (χ2n) is 8.65. The summed E-state index contributed by atoms with van der Waals surface area (Å²) in [5, 5.41) is 8.23. The molecule has 1 atom stereocenters. The molecule has 4 aromatic rings. The molecule has 1 amide bonds. The number of aromatic nitrogens is 3. The van der Waals surface area contributed by atoms with Crippen LogP contribution in [0, 0.1) is 0 Å². The van der Waals surface area contributed by atoms with Crippen LogP contribution >= 0.6 is 11.6 Å². The third-order valence-electron chi connectivity index (χ3n) is 6.06. The summed E-state index contributed by atoms with van der Waals surface area (Å²) in [7, 11) is 0. The zero-order chi connectivity index (χ0) is 23.9. The number of rotatable bonds is 4. The highest BCUT2D eigenvalue weighted by Gasteiger charge is 2.26. The van der Waals surface area contributed by atoms with E-state index in [1.54, 1.807) is 12.1 Å². The molecule has 10 nitrogen and oxygen atoms in total. The summed E-state index contributed by atoms with van der Waals surface area (Å²) in [5.41, 5.74) is 2.00. The summed E-state index contributed by atoms with van der Waals surface area (Å²) in [4.78, 5) is 28.3. The van der Waals surface area contributed by atoms with Crippen molar-refractivity contribution in [3.63, 3.8) is 0 Å². The van der Waals surface area contributed by atoms with E-state index in [-0.39, 0.29) is 17.7 Å². The van der Waals surface area contributed by atoms with E-state index in [9.17, 15) is 4.79 Å². The van der Waals surface area contributed by atoms with Gasteiger partial charge in [-0.25, -0.2) is 9.97 Å². The van der Waals surface area contributed by atoms with E-state index in [2.05, 4.69) is 30.5 Å². The van der Waals surface area contributed by atoms with Crippen LogP contribution in [-0.4, -0.2) is 64.6 Å². The summed E-state index contributed by atoms with van der Waals surface area (Å²) in [5.74, 6) is 1.32. The molecule has 6 rings (SSSR count). The van der Waals surface area contributed by atoms with E-state index in [0.29, 0.717) is 65.8 Å². The molecular formula is C24H23ClN6O4. The molecule has 1 fully saturated rings. The predicted octanol–water partition coefficient (Wildman–Crippen LogP) is 3.59. The van der Waals surface area contributed by atoms with Crippen molar-refractivity contribution in [3.8, 4) is 11.8 Å². The van der Waals surface area contributed by atoms with Crippen molar-refractivity contribution in [2.24, 2.45) is 0 Å². The summed E-state index contributed by atoms with van der Waals surface area (Å²) in [6.45, 7) is 6.12. The highest BCUT2D eigenvalue weighted by molar-refractivity contribution is 6.29. The number of anilines is 1. The first-order valence-corrected chi connectivity index (χ1v) is 11.8. The van der Waals surface area contributed by atoms with Crippen LogP contribution in [0.3, 0.4) is 0 Å². The Morgan fingerprint density at radius 1 is 1.14 bits per heavy atom. The summed E-state index contributed by atoms with van der Waals surface area (Å²) in [6.07, 6.45) is 0. The monoisotopic (exact) mass is 494 g/mol. The van der Waals surface area contributed by atoms with Gasteiger partial charge in [0.1, 0.15) is 16.6 Å². The minimum atomic E-state index is -0.233. The zero-order valence-electron chi connectivity index (χ0n) is 19.0. The summed E-state index contributed by atoms with van der Waals surface area (Å²) in [6, 6.07) is 8.87. The molecule has 1 saturated heterocycles. The number of hydrogen-bond donors (Lipinski definition) is 2. The molecule has 11 heteroatoms. The second-order valence-corrected chi connectivity index (χ2v) is 9.04. The molecule has 35 heavy (non-hydrogen) atoms. The van der Waals surface area contributed by atoms with Crippen molar-refractivity contribution >= 4 is 45.1 Å². The van der Waals surface area contributed by atoms with Crippen molar-refractivity contribution < 1.29 is 18.7 Å². The predicted molar refractivity (Wildman–Crippen MR) is 130 cm³/mol. The maximum Gasteiger partial charge on any atom is 0.289 e. The average molecular weight is 495 g/mol. The first-order chi connectivity index (χ1) is 17.0. The lowest BCUT2D eigenvalue weighted by Gasteiger charge is -2.25. The van der Waals surface area contributed by atoms with E-state index in [1.807, 2.05) is 25.1 Å². The molecule has 0 bridgehead atoms. The van der Waals surface area contributed by atoms with Gasteiger partial charge in [0.05, 0.1) is 36.3 Å². The fraction of sp³-hybridized carbons (Fsp3) is 0.333.